The van der Waals surface area contributed by atoms with Crippen LogP contribution in [-0.2, 0) is 11.2 Å². The Morgan fingerprint density at radius 2 is 2.35 bits per heavy atom. The van der Waals surface area contributed by atoms with Crippen molar-refractivity contribution in [2.45, 2.75) is 64.5 Å². The average Bonchev–Trinajstić information content (AvgIpc) is 2.86. The number of hydrogen-bond acceptors (Lipinski definition) is 3. The minimum absolute atomic E-state index is 0.0415. The highest BCUT2D eigenvalue weighted by molar-refractivity contribution is 5.74. The summed E-state index contributed by atoms with van der Waals surface area (Å²) in [6, 6.07) is 0.240. The number of aromatic amines is 1. The highest BCUT2D eigenvalue weighted by atomic mass is 16.5. The van der Waals surface area contributed by atoms with E-state index in [2.05, 4.69) is 20.8 Å². The Morgan fingerprint density at radius 1 is 1.52 bits per heavy atom. The molecule has 2 aliphatic rings. The van der Waals surface area contributed by atoms with E-state index in [9.17, 15) is 4.79 Å². The van der Waals surface area contributed by atoms with Crippen molar-refractivity contribution in [1.29, 1.82) is 0 Å². The lowest BCUT2D eigenvalue weighted by Crippen LogP contribution is -2.68. The van der Waals surface area contributed by atoms with Crippen LogP contribution in [0.3, 0.4) is 0 Å². The second-order valence-corrected chi connectivity index (χ2v) is 6.84. The number of hydrogen-bond donors (Lipinski definition) is 3. The van der Waals surface area contributed by atoms with Gasteiger partial charge in [0.15, 0.2) is 0 Å². The van der Waals surface area contributed by atoms with Gasteiger partial charge in [-0.3, -0.25) is 5.10 Å². The molecule has 3 N–H and O–H groups in total. The summed E-state index contributed by atoms with van der Waals surface area (Å²) in [4.78, 5) is 12.1. The number of carbonyl (C=O) groups is 1. The average molecular weight is 320 g/mol. The first-order chi connectivity index (χ1) is 11.2. The Hall–Kier alpha value is -1.56. The molecule has 6 nitrogen and oxygen atoms in total. The number of carbonyl (C=O) groups excluding carboxylic acids is 1. The molecule has 1 aromatic heterocycles. The van der Waals surface area contributed by atoms with Crippen molar-refractivity contribution in [2.75, 3.05) is 13.2 Å². The van der Waals surface area contributed by atoms with Crippen LogP contribution in [0.15, 0.2) is 6.20 Å². The van der Waals surface area contributed by atoms with Gasteiger partial charge in [0.1, 0.15) is 0 Å². The Bertz CT molecular complexity index is 538. The Morgan fingerprint density at radius 3 is 2.96 bits per heavy atom. The van der Waals surface area contributed by atoms with Crippen LogP contribution in [0.1, 0.15) is 50.3 Å². The summed E-state index contributed by atoms with van der Waals surface area (Å²) >= 11 is 0. The van der Waals surface area contributed by atoms with Crippen LogP contribution >= 0.6 is 0 Å². The van der Waals surface area contributed by atoms with E-state index in [1.54, 1.807) is 0 Å². The predicted octanol–water partition coefficient (Wildman–Crippen LogP) is 2.30. The standard InChI is InChI=1S/C17H28N4O2/c1-3-23-15-10-14(17(15)7-5-8-17)20-16(22)18-9-4-6-13-11-19-21-12(13)2/h11,14-15H,3-10H2,1-2H3,(H,19,21)(H2,18,20,22)/t14-,15+/m0/s1. The van der Waals surface area contributed by atoms with Crippen LogP contribution in [0.2, 0.25) is 0 Å². The number of rotatable bonds is 7. The molecule has 128 valence electrons. The minimum Gasteiger partial charge on any atom is -0.378 e. The molecular weight excluding hydrogens is 292 g/mol. The van der Waals surface area contributed by atoms with E-state index in [-0.39, 0.29) is 17.5 Å². The summed E-state index contributed by atoms with van der Waals surface area (Å²) in [7, 11) is 0. The van der Waals surface area contributed by atoms with Crippen molar-refractivity contribution >= 4 is 6.03 Å². The van der Waals surface area contributed by atoms with Gasteiger partial charge in [-0.2, -0.15) is 5.10 Å². The molecule has 0 aromatic carbocycles. The highest BCUT2D eigenvalue weighted by Crippen LogP contribution is 2.57. The lowest BCUT2D eigenvalue weighted by atomic mass is 9.51. The number of aryl methyl sites for hydroxylation is 2. The number of nitrogens with zero attached hydrogens (tertiary/aromatic N) is 1. The summed E-state index contributed by atoms with van der Waals surface area (Å²) in [6.07, 6.45) is 8.63. The Kier molecular flexibility index (Phi) is 4.90. The first-order valence-electron chi connectivity index (χ1n) is 8.80. The number of amides is 2. The van der Waals surface area contributed by atoms with Gasteiger partial charge in [0.2, 0.25) is 0 Å². The van der Waals surface area contributed by atoms with Crippen molar-refractivity contribution in [3.63, 3.8) is 0 Å². The van der Waals surface area contributed by atoms with Gasteiger partial charge in [0.05, 0.1) is 12.3 Å². The smallest absolute Gasteiger partial charge is 0.315 e. The molecule has 1 heterocycles. The Balaban J connectivity index is 1.36. The third-order valence-electron chi connectivity index (χ3n) is 5.59. The zero-order valence-electron chi connectivity index (χ0n) is 14.2. The quantitative estimate of drug-likeness (QED) is 0.675. The van der Waals surface area contributed by atoms with Crippen LogP contribution in [0.4, 0.5) is 4.79 Å². The molecule has 0 saturated heterocycles. The number of H-pyrrole nitrogens is 1. The van der Waals surface area contributed by atoms with Crippen molar-refractivity contribution in [2.24, 2.45) is 5.41 Å². The molecule has 2 saturated carbocycles. The van der Waals surface area contributed by atoms with Gasteiger partial charge in [-0.25, -0.2) is 4.79 Å². The van der Waals surface area contributed by atoms with E-state index < -0.39 is 0 Å². The van der Waals surface area contributed by atoms with E-state index in [4.69, 9.17) is 4.74 Å². The molecule has 2 aliphatic carbocycles. The molecule has 3 rings (SSSR count). The minimum atomic E-state index is -0.0415. The van der Waals surface area contributed by atoms with E-state index in [1.807, 2.05) is 20.0 Å². The lowest BCUT2D eigenvalue weighted by Gasteiger charge is -2.60. The molecule has 2 amide bonds. The second-order valence-electron chi connectivity index (χ2n) is 6.84. The van der Waals surface area contributed by atoms with E-state index in [0.717, 1.165) is 31.6 Å². The third kappa shape index (κ3) is 3.22. The fourth-order valence-electron chi connectivity index (χ4n) is 3.96. The van der Waals surface area contributed by atoms with Crippen LogP contribution in [0.5, 0.6) is 0 Å². The first kappa shape index (κ1) is 16.3. The zero-order chi connectivity index (χ0) is 16.3. The van der Waals surface area contributed by atoms with Gasteiger partial charge in [-0.15, -0.1) is 0 Å². The summed E-state index contributed by atoms with van der Waals surface area (Å²) in [5.41, 5.74) is 2.55. The normalized spacial score (nSPS) is 24.8. The molecule has 0 unspecified atom stereocenters. The maximum atomic E-state index is 12.1. The van der Waals surface area contributed by atoms with Crippen molar-refractivity contribution in [1.82, 2.24) is 20.8 Å². The van der Waals surface area contributed by atoms with Crippen molar-refractivity contribution < 1.29 is 9.53 Å². The molecule has 6 heteroatoms. The number of ether oxygens (including phenoxy) is 1. The van der Waals surface area contributed by atoms with Gasteiger partial charge in [0.25, 0.3) is 0 Å². The number of aromatic nitrogens is 2. The molecular formula is C17H28N4O2. The Labute approximate surface area is 137 Å². The van der Waals surface area contributed by atoms with Crippen LogP contribution in [0, 0.1) is 12.3 Å². The van der Waals surface area contributed by atoms with Gasteiger partial charge >= 0.3 is 6.03 Å². The second kappa shape index (κ2) is 6.91. The lowest BCUT2D eigenvalue weighted by molar-refractivity contribution is -0.169. The van der Waals surface area contributed by atoms with Gasteiger partial charge in [-0.05, 0) is 51.5 Å². The molecule has 2 fully saturated rings. The fraction of sp³-hybridized carbons (Fsp3) is 0.765. The number of urea groups is 1. The molecule has 1 spiro atoms. The SMILES string of the molecule is CCO[C@@H]1C[C@H](NC(=O)NCCCc2cn[nH]c2C)C12CCC2. The van der Waals surface area contributed by atoms with Crippen LogP contribution in [0.25, 0.3) is 0 Å². The highest BCUT2D eigenvalue weighted by Gasteiger charge is 2.59. The third-order valence-corrected chi connectivity index (χ3v) is 5.59. The van der Waals surface area contributed by atoms with Crippen LogP contribution in [-0.4, -0.2) is 41.5 Å². The molecule has 0 bridgehead atoms. The van der Waals surface area contributed by atoms with E-state index in [0.29, 0.717) is 12.6 Å². The monoisotopic (exact) mass is 320 g/mol. The molecule has 1 aromatic rings. The molecule has 0 radical (unpaired) electrons. The molecule has 23 heavy (non-hydrogen) atoms. The van der Waals surface area contributed by atoms with Crippen molar-refractivity contribution in [3.05, 3.63) is 17.5 Å². The van der Waals surface area contributed by atoms with Gasteiger partial charge in [-0.1, -0.05) is 6.42 Å². The zero-order valence-corrected chi connectivity index (χ0v) is 14.2. The van der Waals surface area contributed by atoms with Crippen molar-refractivity contribution in [3.8, 4) is 0 Å². The first-order valence-corrected chi connectivity index (χ1v) is 8.80. The molecule has 2 atom stereocenters. The number of nitrogens with one attached hydrogen (secondary N) is 3. The predicted molar refractivity (Wildman–Crippen MR) is 88.3 cm³/mol. The molecule has 0 aliphatic heterocycles. The topological polar surface area (TPSA) is 79.0 Å². The summed E-state index contributed by atoms with van der Waals surface area (Å²) in [5, 5.41) is 13.1. The maximum Gasteiger partial charge on any atom is 0.315 e. The van der Waals surface area contributed by atoms with E-state index >= 15 is 0 Å². The summed E-state index contributed by atoms with van der Waals surface area (Å²) < 4.78 is 5.82. The van der Waals surface area contributed by atoms with Gasteiger partial charge in [0, 0.05) is 30.3 Å². The maximum absolute atomic E-state index is 12.1. The summed E-state index contributed by atoms with van der Waals surface area (Å²) in [6.45, 7) is 5.51. The fourth-order valence-corrected chi connectivity index (χ4v) is 3.96. The van der Waals surface area contributed by atoms with Gasteiger partial charge < -0.3 is 15.4 Å². The largest absolute Gasteiger partial charge is 0.378 e. The summed E-state index contributed by atoms with van der Waals surface area (Å²) in [5.74, 6) is 0. The van der Waals surface area contributed by atoms with Crippen LogP contribution < -0.4 is 10.6 Å². The van der Waals surface area contributed by atoms with E-state index in [1.165, 1.54) is 24.8 Å².